The maximum absolute atomic E-state index is 11.9. The third-order valence-electron chi connectivity index (χ3n) is 3.75. The molecule has 7 nitrogen and oxygen atoms in total. The summed E-state index contributed by atoms with van der Waals surface area (Å²) in [7, 11) is 3.65. The SMILES string of the molecule is CCc1nn(C)cc1NC(=O)NCCC1CC(=O)N(C)C1. The van der Waals surface area contributed by atoms with E-state index in [-0.39, 0.29) is 11.9 Å². The zero-order chi connectivity index (χ0) is 15.4. The third-order valence-corrected chi connectivity index (χ3v) is 3.75. The van der Waals surface area contributed by atoms with Crippen LogP contribution >= 0.6 is 0 Å². The van der Waals surface area contributed by atoms with Crippen LogP contribution in [0.2, 0.25) is 0 Å². The molecule has 0 radical (unpaired) electrons. The monoisotopic (exact) mass is 293 g/mol. The number of rotatable bonds is 5. The normalized spacial score (nSPS) is 18.1. The molecule has 2 rings (SSSR count). The first-order valence-corrected chi connectivity index (χ1v) is 7.31. The molecule has 7 heteroatoms. The number of urea groups is 1. The van der Waals surface area contributed by atoms with E-state index in [4.69, 9.17) is 0 Å². The van der Waals surface area contributed by atoms with E-state index in [1.54, 1.807) is 15.8 Å². The number of nitrogens with one attached hydrogen (secondary N) is 2. The fourth-order valence-corrected chi connectivity index (χ4v) is 2.61. The second-order valence-electron chi connectivity index (χ2n) is 5.53. The van der Waals surface area contributed by atoms with Gasteiger partial charge in [-0.25, -0.2) is 4.79 Å². The molecule has 0 aliphatic carbocycles. The van der Waals surface area contributed by atoms with Gasteiger partial charge in [-0.05, 0) is 18.8 Å². The summed E-state index contributed by atoms with van der Waals surface area (Å²) in [6, 6.07) is -0.227. The quantitative estimate of drug-likeness (QED) is 0.849. The fourth-order valence-electron chi connectivity index (χ4n) is 2.61. The van der Waals surface area contributed by atoms with Crippen molar-refractivity contribution in [1.82, 2.24) is 20.0 Å². The van der Waals surface area contributed by atoms with E-state index in [0.717, 1.165) is 30.8 Å². The van der Waals surface area contributed by atoms with Crippen LogP contribution in [0.25, 0.3) is 0 Å². The predicted octanol–water partition coefficient (Wildman–Crippen LogP) is 0.972. The topological polar surface area (TPSA) is 79.3 Å². The van der Waals surface area contributed by atoms with Crippen molar-refractivity contribution in [2.45, 2.75) is 26.2 Å². The maximum Gasteiger partial charge on any atom is 0.319 e. The largest absolute Gasteiger partial charge is 0.345 e. The number of amides is 3. The Morgan fingerprint density at radius 1 is 1.48 bits per heavy atom. The van der Waals surface area contributed by atoms with Gasteiger partial charge in [0.25, 0.3) is 0 Å². The standard InChI is InChI=1S/C14H23N5O2/c1-4-11-12(9-19(3)17-11)16-14(21)15-6-5-10-7-13(20)18(2)8-10/h9-10H,4-8H2,1-3H3,(H2,15,16,21). The first-order valence-electron chi connectivity index (χ1n) is 7.31. The molecule has 1 aliphatic rings. The minimum absolute atomic E-state index is 0.187. The Hall–Kier alpha value is -2.05. The molecule has 116 valence electrons. The molecule has 1 aliphatic heterocycles. The molecular formula is C14H23N5O2. The van der Waals surface area contributed by atoms with Gasteiger partial charge in [0.05, 0.1) is 11.4 Å². The van der Waals surface area contributed by atoms with Crippen LogP contribution in [0.15, 0.2) is 6.20 Å². The number of carbonyl (C=O) groups excluding carboxylic acids is 2. The van der Waals surface area contributed by atoms with Crippen molar-refractivity contribution in [3.05, 3.63) is 11.9 Å². The molecule has 0 bridgehead atoms. The summed E-state index contributed by atoms with van der Waals surface area (Å²) in [5.74, 6) is 0.528. The molecule has 1 saturated heterocycles. The number of nitrogens with zero attached hydrogens (tertiary/aromatic N) is 3. The summed E-state index contributed by atoms with van der Waals surface area (Å²) >= 11 is 0. The molecule has 0 saturated carbocycles. The van der Waals surface area contributed by atoms with Crippen molar-refractivity contribution in [3.63, 3.8) is 0 Å². The number of likely N-dealkylation sites (tertiary alicyclic amines) is 1. The number of hydrogen-bond acceptors (Lipinski definition) is 3. The number of anilines is 1. The maximum atomic E-state index is 11.9. The van der Waals surface area contributed by atoms with Crippen molar-refractivity contribution in [2.75, 3.05) is 25.5 Å². The Labute approximate surface area is 124 Å². The molecule has 2 N–H and O–H groups in total. The van der Waals surface area contributed by atoms with Crippen LogP contribution in [0, 0.1) is 5.92 Å². The zero-order valence-electron chi connectivity index (χ0n) is 12.8. The van der Waals surface area contributed by atoms with E-state index in [1.807, 2.05) is 21.0 Å². The first-order chi connectivity index (χ1) is 9.99. The summed E-state index contributed by atoms with van der Waals surface area (Å²) < 4.78 is 1.69. The van der Waals surface area contributed by atoms with Gasteiger partial charge in [-0.15, -0.1) is 0 Å². The zero-order valence-corrected chi connectivity index (χ0v) is 12.8. The molecule has 3 amide bonds. The molecule has 1 aromatic rings. The minimum Gasteiger partial charge on any atom is -0.345 e. The lowest BCUT2D eigenvalue weighted by molar-refractivity contribution is -0.126. The number of hydrogen-bond donors (Lipinski definition) is 2. The van der Waals surface area contributed by atoms with Gasteiger partial charge >= 0.3 is 6.03 Å². The molecule has 0 aromatic carbocycles. The summed E-state index contributed by atoms with van der Waals surface area (Å²) in [5, 5.41) is 9.92. The summed E-state index contributed by atoms with van der Waals surface area (Å²) in [6.07, 6.45) is 3.97. The molecule has 1 atom stereocenters. The Kier molecular flexibility index (Phi) is 4.82. The van der Waals surface area contributed by atoms with E-state index in [1.165, 1.54) is 0 Å². The Balaban J connectivity index is 1.74. The Morgan fingerprint density at radius 3 is 2.86 bits per heavy atom. The lowest BCUT2D eigenvalue weighted by atomic mass is 10.1. The van der Waals surface area contributed by atoms with Crippen LogP contribution in [0.1, 0.15) is 25.5 Å². The van der Waals surface area contributed by atoms with E-state index in [0.29, 0.717) is 18.9 Å². The third kappa shape index (κ3) is 3.96. The smallest absolute Gasteiger partial charge is 0.319 e. The van der Waals surface area contributed by atoms with Crippen molar-refractivity contribution >= 4 is 17.6 Å². The molecule has 1 unspecified atom stereocenters. The minimum atomic E-state index is -0.227. The lowest BCUT2D eigenvalue weighted by Gasteiger charge is -2.11. The van der Waals surface area contributed by atoms with Gasteiger partial charge in [0.15, 0.2) is 0 Å². The van der Waals surface area contributed by atoms with E-state index >= 15 is 0 Å². The number of aryl methyl sites for hydroxylation is 2. The average molecular weight is 293 g/mol. The van der Waals surface area contributed by atoms with Crippen LogP contribution in [0.5, 0.6) is 0 Å². The Bertz CT molecular complexity index is 525. The Morgan fingerprint density at radius 2 is 2.24 bits per heavy atom. The highest BCUT2D eigenvalue weighted by Gasteiger charge is 2.26. The molecule has 0 spiro atoms. The van der Waals surface area contributed by atoms with Crippen LogP contribution in [0.4, 0.5) is 10.5 Å². The fraction of sp³-hybridized carbons (Fsp3) is 0.643. The van der Waals surface area contributed by atoms with Crippen molar-refractivity contribution < 1.29 is 9.59 Å². The first kappa shape index (κ1) is 15.3. The van der Waals surface area contributed by atoms with Gasteiger partial charge in [-0.3, -0.25) is 9.48 Å². The molecule has 1 aromatic heterocycles. The van der Waals surface area contributed by atoms with Crippen LogP contribution in [0.3, 0.4) is 0 Å². The van der Waals surface area contributed by atoms with Gasteiger partial charge in [-0.1, -0.05) is 6.92 Å². The summed E-state index contributed by atoms with van der Waals surface area (Å²) in [4.78, 5) is 25.0. The highest BCUT2D eigenvalue weighted by Crippen LogP contribution is 2.18. The molecule has 1 fully saturated rings. The molecular weight excluding hydrogens is 270 g/mol. The number of carbonyl (C=O) groups is 2. The summed E-state index contributed by atoms with van der Waals surface area (Å²) in [6.45, 7) is 3.35. The molecule has 21 heavy (non-hydrogen) atoms. The second-order valence-corrected chi connectivity index (χ2v) is 5.53. The van der Waals surface area contributed by atoms with E-state index in [2.05, 4.69) is 15.7 Å². The van der Waals surface area contributed by atoms with Gasteiger partial charge in [0.2, 0.25) is 5.91 Å². The lowest BCUT2D eigenvalue weighted by Crippen LogP contribution is -2.31. The van der Waals surface area contributed by atoms with Crippen LogP contribution in [-0.2, 0) is 18.3 Å². The second kappa shape index (κ2) is 6.60. The summed E-state index contributed by atoms with van der Waals surface area (Å²) in [5.41, 5.74) is 1.61. The van der Waals surface area contributed by atoms with E-state index in [9.17, 15) is 9.59 Å². The van der Waals surface area contributed by atoms with Crippen molar-refractivity contribution in [1.29, 1.82) is 0 Å². The van der Waals surface area contributed by atoms with Crippen molar-refractivity contribution in [2.24, 2.45) is 13.0 Å². The van der Waals surface area contributed by atoms with Crippen LogP contribution < -0.4 is 10.6 Å². The van der Waals surface area contributed by atoms with Gasteiger partial charge in [-0.2, -0.15) is 5.10 Å². The van der Waals surface area contributed by atoms with Gasteiger partial charge in [0, 0.05) is 39.8 Å². The predicted molar refractivity (Wildman–Crippen MR) is 80.0 cm³/mol. The van der Waals surface area contributed by atoms with Crippen molar-refractivity contribution in [3.8, 4) is 0 Å². The average Bonchev–Trinajstić information content (AvgIpc) is 2.92. The van der Waals surface area contributed by atoms with Gasteiger partial charge in [0.1, 0.15) is 0 Å². The number of aromatic nitrogens is 2. The van der Waals surface area contributed by atoms with Crippen LogP contribution in [-0.4, -0.2) is 46.8 Å². The highest BCUT2D eigenvalue weighted by atomic mass is 16.2. The molecule has 2 heterocycles. The van der Waals surface area contributed by atoms with E-state index < -0.39 is 0 Å². The van der Waals surface area contributed by atoms with Gasteiger partial charge < -0.3 is 15.5 Å². The highest BCUT2D eigenvalue weighted by molar-refractivity contribution is 5.89.